The Morgan fingerprint density at radius 1 is 1.05 bits per heavy atom. The molecule has 0 saturated heterocycles. The Balaban J connectivity index is 0.000000566. The summed E-state index contributed by atoms with van der Waals surface area (Å²) in [4.78, 5) is 16.5. The fourth-order valence-electron chi connectivity index (χ4n) is 3.46. The maximum absolute atomic E-state index is 15.0. The van der Waals surface area contributed by atoms with Crippen molar-refractivity contribution in [3.63, 3.8) is 0 Å². The molecule has 0 radical (unpaired) electrons. The summed E-state index contributed by atoms with van der Waals surface area (Å²) in [6.45, 7) is 0. The van der Waals surface area contributed by atoms with Crippen molar-refractivity contribution in [2.75, 3.05) is 4.72 Å². The standard InChI is InChI=1S/C24H16ClF2N5O3S2.C2HF3O2/c1-32-11-15(9-30-32)17-6-20(14-2-4-16(26)5-3-14)28-10-22(17)35-21-8-19(27)23(7-18(21)25)37(33,34)31-24-12-36-13-29-24;3-2(4,5)1(6)7/h2-13,31H,1H3;(H,6,7). The normalized spacial score (nSPS) is 11.4. The van der Waals surface area contributed by atoms with Gasteiger partial charge in [-0.05, 0) is 36.4 Å². The summed E-state index contributed by atoms with van der Waals surface area (Å²) in [7, 11) is -2.54. The molecule has 0 fully saturated rings. The SMILES string of the molecule is Cn1cc(-c2cc(-c3ccc(F)cc3)ncc2Oc2cc(F)c(S(=O)(=O)Nc3cscn3)cc2Cl)cn1.O=C(O)C(F)(F)F. The summed E-state index contributed by atoms with van der Waals surface area (Å²) in [5.74, 6) is -4.03. The van der Waals surface area contributed by atoms with Gasteiger partial charge in [0.1, 0.15) is 22.3 Å². The smallest absolute Gasteiger partial charge is 0.475 e. The molecule has 0 saturated carbocycles. The Hall–Kier alpha value is -4.61. The molecule has 0 spiro atoms. The number of ether oxygens (including phenoxy) is 1. The van der Waals surface area contributed by atoms with Gasteiger partial charge in [0, 0.05) is 41.4 Å². The first-order chi connectivity index (χ1) is 20.6. The second-order valence-corrected chi connectivity index (χ2v) is 11.3. The van der Waals surface area contributed by atoms with Crippen LogP contribution in [-0.2, 0) is 21.9 Å². The summed E-state index contributed by atoms with van der Waals surface area (Å²) in [5, 5.41) is 12.6. The summed E-state index contributed by atoms with van der Waals surface area (Å²) in [5.41, 5.74) is 3.88. The van der Waals surface area contributed by atoms with Crippen molar-refractivity contribution in [1.29, 1.82) is 0 Å². The molecule has 0 unspecified atom stereocenters. The van der Waals surface area contributed by atoms with E-state index in [2.05, 4.69) is 19.8 Å². The van der Waals surface area contributed by atoms with Crippen LogP contribution in [0.4, 0.5) is 27.8 Å². The number of thiazole rings is 1. The number of carboxylic acids is 1. The summed E-state index contributed by atoms with van der Waals surface area (Å²) < 4.78 is 95.1. The Labute approximate surface area is 254 Å². The Morgan fingerprint density at radius 3 is 2.30 bits per heavy atom. The summed E-state index contributed by atoms with van der Waals surface area (Å²) in [6, 6.07) is 9.41. The fraction of sp³-hybridized carbons (Fsp3) is 0.0769. The van der Waals surface area contributed by atoms with Crippen LogP contribution < -0.4 is 9.46 Å². The van der Waals surface area contributed by atoms with Crippen molar-refractivity contribution >= 4 is 44.7 Å². The van der Waals surface area contributed by atoms with E-state index in [4.69, 9.17) is 26.2 Å². The molecule has 2 aromatic carbocycles. The molecule has 18 heteroatoms. The van der Waals surface area contributed by atoms with E-state index in [1.165, 1.54) is 40.6 Å². The number of alkyl halides is 3. The molecule has 0 aliphatic heterocycles. The van der Waals surface area contributed by atoms with Crippen LogP contribution in [0.2, 0.25) is 5.02 Å². The molecule has 5 aromatic rings. The predicted octanol–water partition coefficient (Wildman–Crippen LogP) is 6.76. The fourth-order valence-corrected chi connectivity index (χ4v) is 5.37. The number of aryl methyl sites for hydroxylation is 1. The molecule has 0 amide bonds. The molecule has 0 aliphatic carbocycles. The second kappa shape index (κ2) is 12.9. The molecule has 0 atom stereocenters. The van der Waals surface area contributed by atoms with Crippen LogP contribution >= 0.6 is 22.9 Å². The lowest BCUT2D eigenvalue weighted by atomic mass is 10.1. The van der Waals surface area contributed by atoms with Gasteiger partial charge in [-0.2, -0.15) is 18.3 Å². The number of nitrogens with one attached hydrogen (secondary N) is 1. The third-order valence-electron chi connectivity index (χ3n) is 5.43. The lowest BCUT2D eigenvalue weighted by molar-refractivity contribution is -0.192. The lowest BCUT2D eigenvalue weighted by Crippen LogP contribution is -2.21. The van der Waals surface area contributed by atoms with Crippen LogP contribution in [0.15, 0.2) is 76.8 Å². The maximum atomic E-state index is 15.0. The summed E-state index contributed by atoms with van der Waals surface area (Å²) >= 11 is 7.49. The van der Waals surface area contributed by atoms with Crippen LogP contribution in [0.25, 0.3) is 22.4 Å². The van der Waals surface area contributed by atoms with E-state index in [0.29, 0.717) is 22.4 Å². The predicted molar refractivity (Wildman–Crippen MR) is 150 cm³/mol. The number of rotatable bonds is 7. The van der Waals surface area contributed by atoms with Crippen molar-refractivity contribution in [2.45, 2.75) is 11.1 Å². The zero-order valence-electron chi connectivity index (χ0n) is 21.9. The number of anilines is 1. The van der Waals surface area contributed by atoms with Gasteiger partial charge in [-0.1, -0.05) is 11.6 Å². The first kappa shape index (κ1) is 32.3. The van der Waals surface area contributed by atoms with Gasteiger partial charge < -0.3 is 9.84 Å². The highest BCUT2D eigenvalue weighted by atomic mass is 35.5. The Bertz CT molecular complexity index is 1900. The Kier molecular flexibility index (Phi) is 9.50. The third kappa shape index (κ3) is 7.86. The van der Waals surface area contributed by atoms with Gasteiger partial charge in [0.2, 0.25) is 0 Å². The average molecular weight is 674 g/mol. The number of halogens is 6. The highest BCUT2D eigenvalue weighted by Crippen LogP contribution is 2.39. The van der Waals surface area contributed by atoms with Crippen molar-refractivity contribution in [3.05, 3.63) is 88.6 Å². The van der Waals surface area contributed by atoms with Gasteiger partial charge in [0.15, 0.2) is 11.6 Å². The quantitative estimate of drug-likeness (QED) is 0.181. The van der Waals surface area contributed by atoms with Crippen molar-refractivity contribution in [1.82, 2.24) is 19.7 Å². The van der Waals surface area contributed by atoms with Crippen molar-refractivity contribution in [2.24, 2.45) is 7.05 Å². The number of nitrogens with zero attached hydrogens (tertiary/aromatic N) is 4. The number of aliphatic carboxylic acids is 1. The van der Waals surface area contributed by atoms with Crippen LogP contribution in [0.5, 0.6) is 11.5 Å². The minimum atomic E-state index is -5.08. The molecule has 0 bridgehead atoms. The van der Waals surface area contributed by atoms with E-state index in [9.17, 15) is 30.4 Å². The highest BCUT2D eigenvalue weighted by Gasteiger charge is 2.38. The van der Waals surface area contributed by atoms with Crippen LogP contribution in [0.3, 0.4) is 0 Å². The molecule has 3 heterocycles. The second-order valence-electron chi connectivity index (χ2n) is 8.57. The third-order valence-corrected chi connectivity index (χ3v) is 7.68. The molecule has 230 valence electrons. The highest BCUT2D eigenvalue weighted by molar-refractivity contribution is 7.92. The Morgan fingerprint density at radius 2 is 1.73 bits per heavy atom. The van der Waals surface area contributed by atoms with Crippen LogP contribution in [0.1, 0.15) is 0 Å². The summed E-state index contributed by atoms with van der Waals surface area (Å²) in [6.07, 6.45) is -0.305. The van der Waals surface area contributed by atoms with Gasteiger partial charge in [-0.25, -0.2) is 27.0 Å². The van der Waals surface area contributed by atoms with Gasteiger partial charge in [0.05, 0.1) is 28.6 Å². The molecular formula is C26H17ClF5N5O5S2. The molecular weight excluding hydrogens is 657 g/mol. The van der Waals surface area contributed by atoms with Crippen LogP contribution in [-0.4, -0.2) is 45.4 Å². The van der Waals surface area contributed by atoms with E-state index < -0.39 is 32.9 Å². The first-order valence-electron chi connectivity index (χ1n) is 11.8. The molecule has 44 heavy (non-hydrogen) atoms. The minimum Gasteiger partial charge on any atom is -0.475 e. The van der Waals surface area contributed by atoms with Gasteiger partial charge in [-0.3, -0.25) is 14.4 Å². The van der Waals surface area contributed by atoms with E-state index in [-0.39, 0.29) is 28.2 Å². The number of benzene rings is 2. The van der Waals surface area contributed by atoms with Gasteiger partial charge in [0.25, 0.3) is 10.0 Å². The number of hydrogen-bond acceptors (Lipinski definition) is 8. The topological polar surface area (TPSA) is 136 Å². The first-order valence-corrected chi connectivity index (χ1v) is 14.6. The number of pyridine rings is 1. The van der Waals surface area contributed by atoms with E-state index >= 15 is 0 Å². The number of aromatic nitrogens is 4. The lowest BCUT2D eigenvalue weighted by Gasteiger charge is -2.14. The number of sulfonamides is 1. The molecule has 5 rings (SSSR count). The minimum absolute atomic E-state index is 0.0641. The van der Waals surface area contributed by atoms with Gasteiger partial charge >= 0.3 is 12.1 Å². The zero-order chi connectivity index (χ0) is 32.2. The maximum Gasteiger partial charge on any atom is 0.490 e. The van der Waals surface area contributed by atoms with E-state index in [1.807, 2.05) is 0 Å². The average Bonchev–Trinajstić information content (AvgIpc) is 3.62. The monoisotopic (exact) mass is 673 g/mol. The molecule has 0 aliphatic rings. The molecule has 3 aromatic heterocycles. The zero-order valence-corrected chi connectivity index (χ0v) is 24.3. The van der Waals surface area contributed by atoms with Crippen LogP contribution in [0, 0.1) is 11.6 Å². The number of hydrogen-bond donors (Lipinski definition) is 2. The van der Waals surface area contributed by atoms with Crippen molar-refractivity contribution in [3.8, 4) is 33.9 Å². The largest absolute Gasteiger partial charge is 0.490 e. The van der Waals surface area contributed by atoms with E-state index in [0.717, 1.165) is 12.1 Å². The molecule has 10 nitrogen and oxygen atoms in total. The molecule has 2 N–H and O–H groups in total. The van der Waals surface area contributed by atoms with Gasteiger partial charge in [-0.15, -0.1) is 11.3 Å². The number of carboxylic acid groups (broad SMARTS) is 1. The van der Waals surface area contributed by atoms with Crippen molar-refractivity contribution < 1.29 is 45.0 Å². The van der Waals surface area contributed by atoms with E-state index in [1.54, 1.807) is 42.3 Å². The number of carbonyl (C=O) groups is 1.